The molecule has 3 rings (SSSR count). The van der Waals surface area contributed by atoms with Crippen LogP contribution in [0, 0.1) is 0 Å². The normalized spacial score (nSPS) is 10.6. The van der Waals surface area contributed by atoms with Crippen LogP contribution in [0.4, 0.5) is 5.69 Å². The fourth-order valence-electron chi connectivity index (χ4n) is 2.49. The molecule has 1 aromatic carbocycles. The summed E-state index contributed by atoms with van der Waals surface area (Å²) in [5.41, 5.74) is 0.597. The van der Waals surface area contributed by atoms with Gasteiger partial charge < -0.3 is 19.4 Å². The monoisotopic (exact) mass is 404 g/mol. The molecule has 0 atom stereocenters. The molecule has 0 bridgehead atoms. The fourth-order valence-corrected chi connectivity index (χ4v) is 4.01. The molecule has 7 nitrogen and oxygen atoms in total. The Morgan fingerprint density at radius 2 is 2.11 bits per heavy atom. The van der Waals surface area contributed by atoms with Gasteiger partial charge in [0.1, 0.15) is 11.5 Å². The summed E-state index contributed by atoms with van der Waals surface area (Å²) >= 11 is 2.97. The van der Waals surface area contributed by atoms with Crippen molar-refractivity contribution in [1.82, 2.24) is 14.8 Å². The van der Waals surface area contributed by atoms with Gasteiger partial charge in [-0.3, -0.25) is 4.79 Å². The van der Waals surface area contributed by atoms with E-state index in [2.05, 4.69) is 15.5 Å². The van der Waals surface area contributed by atoms with Gasteiger partial charge in [-0.1, -0.05) is 17.8 Å². The average Bonchev–Trinajstić information content (AvgIpc) is 3.35. The van der Waals surface area contributed by atoms with E-state index in [1.54, 1.807) is 43.8 Å². The molecule has 9 heteroatoms. The molecule has 0 saturated carbocycles. The minimum absolute atomic E-state index is 0.146. The van der Waals surface area contributed by atoms with Gasteiger partial charge in [-0.15, -0.1) is 21.5 Å². The van der Waals surface area contributed by atoms with Crippen LogP contribution in [0.5, 0.6) is 11.5 Å². The molecule has 0 radical (unpaired) electrons. The lowest BCUT2D eigenvalue weighted by molar-refractivity contribution is -0.113. The summed E-state index contributed by atoms with van der Waals surface area (Å²) in [4.78, 5) is 13.4. The predicted molar refractivity (Wildman–Crippen MR) is 108 cm³/mol. The van der Waals surface area contributed by atoms with Crippen molar-refractivity contribution < 1.29 is 14.3 Å². The van der Waals surface area contributed by atoms with Crippen molar-refractivity contribution in [3.63, 3.8) is 0 Å². The second-order valence-electron chi connectivity index (χ2n) is 5.43. The van der Waals surface area contributed by atoms with Gasteiger partial charge in [0.25, 0.3) is 0 Å². The Morgan fingerprint density at radius 3 is 2.78 bits per heavy atom. The van der Waals surface area contributed by atoms with Crippen LogP contribution in [0.3, 0.4) is 0 Å². The van der Waals surface area contributed by atoms with E-state index < -0.39 is 0 Å². The molecule has 0 unspecified atom stereocenters. The molecule has 3 aromatic rings. The number of carbonyl (C=O) groups is 1. The lowest BCUT2D eigenvalue weighted by Crippen LogP contribution is -2.15. The summed E-state index contributed by atoms with van der Waals surface area (Å²) in [5.74, 6) is 2.11. The number of nitrogens with zero attached hydrogens (tertiary/aromatic N) is 3. The van der Waals surface area contributed by atoms with Crippen LogP contribution in [0.2, 0.25) is 0 Å². The number of hydrogen-bond acceptors (Lipinski definition) is 7. The Hall–Kier alpha value is -2.52. The molecule has 0 spiro atoms. The van der Waals surface area contributed by atoms with Crippen molar-refractivity contribution in [2.24, 2.45) is 0 Å². The zero-order chi connectivity index (χ0) is 19.2. The highest BCUT2D eigenvalue weighted by molar-refractivity contribution is 7.99. The third-order valence-corrected chi connectivity index (χ3v) is 5.62. The second kappa shape index (κ2) is 8.92. The number of carbonyl (C=O) groups excluding carboxylic acids is 1. The number of methoxy groups -OCH3 is 2. The van der Waals surface area contributed by atoms with Gasteiger partial charge in [0.15, 0.2) is 11.0 Å². The number of nitrogens with one attached hydrogen (secondary N) is 1. The van der Waals surface area contributed by atoms with Gasteiger partial charge in [-0.05, 0) is 30.5 Å². The van der Waals surface area contributed by atoms with Crippen molar-refractivity contribution in [2.45, 2.75) is 18.6 Å². The molecular formula is C18H20N4O3S2. The Labute approximate surface area is 165 Å². The molecule has 0 saturated heterocycles. The predicted octanol–water partition coefficient (Wildman–Crippen LogP) is 3.77. The van der Waals surface area contributed by atoms with Crippen molar-refractivity contribution in [1.29, 1.82) is 0 Å². The molecule has 0 aliphatic rings. The summed E-state index contributed by atoms with van der Waals surface area (Å²) in [7, 11) is 3.13. The first-order valence-electron chi connectivity index (χ1n) is 8.28. The SMILES string of the molecule is CCn1c(SCC(=O)Nc2ccc(OC)cc2OC)nnc1-c1cccs1. The molecule has 142 valence electrons. The van der Waals surface area contributed by atoms with E-state index >= 15 is 0 Å². The number of thiophene rings is 1. The van der Waals surface area contributed by atoms with Crippen molar-refractivity contribution in [2.75, 3.05) is 25.3 Å². The molecule has 2 aromatic heterocycles. The van der Waals surface area contributed by atoms with Gasteiger partial charge in [0, 0.05) is 12.6 Å². The van der Waals surface area contributed by atoms with E-state index in [0.29, 0.717) is 17.2 Å². The second-order valence-corrected chi connectivity index (χ2v) is 7.32. The Kier molecular flexibility index (Phi) is 6.36. The maximum absolute atomic E-state index is 12.4. The van der Waals surface area contributed by atoms with Crippen LogP contribution in [0.25, 0.3) is 10.7 Å². The summed E-state index contributed by atoms with van der Waals surface area (Å²) in [5, 5.41) is 14.1. The number of benzene rings is 1. The van der Waals surface area contributed by atoms with Crippen LogP contribution in [0.15, 0.2) is 40.9 Å². The number of rotatable bonds is 8. The van der Waals surface area contributed by atoms with E-state index in [1.807, 2.05) is 29.0 Å². The van der Waals surface area contributed by atoms with Crippen LogP contribution < -0.4 is 14.8 Å². The molecule has 1 N–H and O–H groups in total. The molecule has 0 fully saturated rings. The minimum atomic E-state index is -0.146. The third-order valence-electron chi connectivity index (χ3n) is 3.79. The van der Waals surface area contributed by atoms with Gasteiger partial charge in [-0.2, -0.15) is 0 Å². The number of hydrogen-bond donors (Lipinski definition) is 1. The van der Waals surface area contributed by atoms with Crippen LogP contribution in [-0.2, 0) is 11.3 Å². The van der Waals surface area contributed by atoms with E-state index in [-0.39, 0.29) is 11.7 Å². The van der Waals surface area contributed by atoms with Crippen LogP contribution in [0.1, 0.15) is 6.92 Å². The zero-order valence-electron chi connectivity index (χ0n) is 15.3. The van der Waals surface area contributed by atoms with Crippen LogP contribution >= 0.6 is 23.1 Å². The zero-order valence-corrected chi connectivity index (χ0v) is 16.9. The third kappa shape index (κ3) is 4.42. The van der Waals surface area contributed by atoms with Crippen molar-refractivity contribution in [3.05, 3.63) is 35.7 Å². The Bertz CT molecular complexity index is 909. The van der Waals surface area contributed by atoms with Gasteiger partial charge in [0.2, 0.25) is 5.91 Å². The number of amides is 1. The standard InChI is InChI=1S/C18H20N4O3S2/c1-4-22-17(15-6-5-9-26-15)20-21-18(22)27-11-16(23)19-13-8-7-12(24-2)10-14(13)25-3/h5-10H,4,11H2,1-3H3,(H,19,23). The lowest BCUT2D eigenvalue weighted by Gasteiger charge is -2.11. The summed E-state index contributed by atoms with van der Waals surface area (Å²) in [6, 6.07) is 9.24. The van der Waals surface area contributed by atoms with E-state index in [1.165, 1.54) is 11.8 Å². The Balaban J connectivity index is 1.66. The van der Waals surface area contributed by atoms with Crippen molar-refractivity contribution in [3.8, 4) is 22.2 Å². The molecular weight excluding hydrogens is 384 g/mol. The summed E-state index contributed by atoms with van der Waals surface area (Å²) < 4.78 is 12.5. The molecule has 0 aliphatic heterocycles. The maximum atomic E-state index is 12.4. The summed E-state index contributed by atoms with van der Waals surface area (Å²) in [6.07, 6.45) is 0. The van der Waals surface area contributed by atoms with E-state index in [9.17, 15) is 4.79 Å². The largest absolute Gasteiger partial charge is 0.497 e. The molecule has 0 aliphatic carbocycles. The molecule has 1 amide bonds. The van der Waals surface area contributed by atoms with Crippen molar-refractivity contribution >= 4 is 34.7 Å². The topological polar surface area (TPSA) is 78.3 Å². The van der Waals surface area contributed by atoms with Gasteiger partial charge in [0.05, 0.1) is 30.5 Å². The van der Waals surface area contributed by atoms with Gasteiger partial charge >= 0.3 is 0 Å². The van der Waals surface area contributed by atoms with E-state index in [0.717, 1.165) is 22.4 Å². The quantitative estimate of drug-likeness (QED) is 0.576. The fraction of sp³-hybridized carbons (Fsp3) is 0.278. The van der Waals surface area contributed by atoms with Crippen LogP contribution in [-0.4, -0.2) is 40.6 Å². The smallest absolute Gasteiger partial charge is 0.234 e. The highest BCUT2D eigenvalue weighted by Crippen LogP contribution is 2.30. The number of anilines is 1. The molecule has 27 heavy (non-hydrogen) atoms. The maximum Gasteiger partial charge on any atom is 0.234 e. The first-order chi connectivity index (χ1) is 13.2. The Morgan fingerprint density at radius 1 is 1.26 bits per heavy atom. The van der Waals surface area contributed by atoms with E-state index in [4.69, 9.17) is 9.47 Å². The molecule has 2 heterocycles. The lowest BCUT2D eigenvalue weighted by atomic mass is 10.2. The van der Waals surface area contributed by atoms with Gasteiger partial charge in [-0.25, -0.2) is 0 Å². The first-order valence-corrected chi connectivity index (χ1v) is 10.1. The minimum Gasteiger partial charge on any atom is -0.497 e. The number of aromatic nitrogens is 3. The number of thioether (sulfide) groups is 1. The summed E-state index contributed by atoms with van der Waals surface area (Å²) in [6.45, 7) is 2.77. The first kappa shape index (κ1) is 19.2. The highest BCUT2D eigenvalue weighted by Gasteiger charge is 2.16. The average molecular weight is 405 g/mol. The highest BCUT2D eigenvalue weighted by atomic mass is 32.2. The number of ether oxygens (including phenoxy) is 2.